The third kappa shape index (κ3) is 11.2. The highest BCUT2D eigenvalue weighted by Crippen LogP contribution is 2.38. The number of para-hydroxylation sites is 1. The van der Waals surface area contributed by atoms with Gasteiger partial charge in [-0.05, 0) is 140 Å². The zero-order chi connectivity index (χ0) is 36.6. The van der Waals surface area contributed by atoms with E-state index in [1.54, 1.807) is 0 Å². The lowest BCUT2D eigenvalue weighted by Gasteiger charge is -2.28. The first-order chi connectivity index (χ1) is 25.0. The van der Waals surface area contributed by atoms with Gasteiger partial charge in [0.2, 0.25) is 0 Å². The van der Waals surface area contributed by atoms with Crippen LogP contribution in [0.1, 0.15) is 36.8 Å². The van der Waals surface area contributed by atoms with Crippen LogP contribution < -0.4 is 9.80 Å². The molecule has 0 spiro atoms. The number of rotatable bonds is 15. The van der Waals surface area contributed by atoms with Gasteiger partial charge in [0.25, 0.3) is 0 Å². The summed E-state index contributed by atoms with van der Waals surface area (Å²) < 4.78 is 0. The van der Waals surface area contributed by atoms with Gasteiger partial charge in [-0.25, -0.2) is 0 Å². The molecule has 0 atom stereocenters. The number of benzene rings is 5. The summed E-state index contributed by atoms with van der Waals surface area (Å²) in [6.07, 6.45) is 12.4. The summed E-state index contributed by atoms with van der Waals surface area (Å²) in [5.41, 5.74) is 11.5. The second-order valence-electron chi connectivity index (χ2n) is 13.0. The number of anilines is 5. The Morgan fingerprint density at radius 3 is 1.25 bits per heavy atom. The largest absolute Gasteiger partial charge is 0.341 e. The third-order valence-corrected chi connectivity index (χ3v) is 14.3. The molecule has 0 saturated carbocycles. The molecule has 1 aliphatic rings. The van der Waals surface area contributed by atoms with Crippen LogP contribution >= 0.6 is 66.5 Å². The van der Waals surface area contributed by atoms with Gasteiger partial charge in [0.05, 0.1) is 0 Å². The summed E-state index contributed by atoms with van der Waals surface area (Å²) in [6, 6.07) is 41.6. The number of allylic oxidation sites excluding steroid dienone is 3. The van der Waals surface area contributed by atoms with Crippen molar-refractivity contribution in [2.24, 2.45) is 0 Å². The van der Waals surface area contributed by atoms with Crippen LogP contribution in [-0.4, -0.2) is 12.0 Å². The van der Waals surface area contributed by atoms with Gasteiger partial charge in [0.15, 0.2) is 0 Å². The normalized spacial score (nSPS) is 13.2. The van der Waals surface area contributed by atoms with Gasteiger partial charge in [-0.15, -0.1) is 66.5 Å². The monoisotopic (exact) mass is 838 g/mol. The quantitative estimate of drug-likeness (QED) is 0.0765. The average Bonchev–Trinajstić information content (AvgIpc) is 3.14. The van der Waals surface area contributed by atoms with Gasteiger partial charge in [-0.2, -0.15) is 0 Å². The summed E-state index contributed by atoms with van der Waals surface area (Å²) in [6.45, 7) is 0. The fourth-order valence-electron chi connectivity index (χ4n) is 6.45. The van der Waals surface area contributed by atoms with Crippen molar-refractivity contribution in [1.29, 1.82) is 0 Å². The van der Waals surface area contributed by atoms with E-state index in [1.165, 1.54) is 16.8 Å². The van der Waals surface area contributed by atoms with Crippen molar-refractivity contribution in [3.8, 4) is 11.1 Å². The van der Waals surface area contributed by atoms with Gasteiger partial charge < -0.3 is 9.80 Å². The Morgan fingerprint density at radius 2 is 0.846 bits per heavy atom. The van der Waals surface area contributed by atoms with Gasteiger partial charge in [-0.1, -0.05) is 78.9 Å². The van der Waals surface area contributed by atoms with Crippen molar-refractivity contribution < 1.29 is 0 Å². The van der Waals surface area contributed by atoms with Crippen LogP contribution in [0, 0.1) is 0 Å². The summed E-state index contributed by atoms with van der Waals surface area (Å²) >= 11 is 36.6. The van der Waals surface area contributed by atoms with Crippen LogP contribution in [0.4, 0.5) is 28.4 Å². The molecule has 268 valence electrons. The predicted molar refractivity (Wildman–Crippen MR) is 234 cm³/mol. The van der Waals surface area contributed by atoms with E-state index in [0.717, 1.165) is 78.1 Å². The first-order valence-corrected chi connectivity index (χ1v) is 28.0. The molecule has 0 amide bonds. The minimum Gasteiger partial charge on any atom is -0.311 e. The molecule has 5 aromatic carbocycles. The number of halogens is 6. The molecule has 2 nitrogen and oxygen atoms in total. The van der Waals surface area contributed by atoms with Crippen LogP contribution in [0.25, 0.3) is 11.1 Å². The minimum atomic E-state index is -2.60. The molecule has 0 unspecified atom stereocenters. The van der Waals surface area contributed by atoms with Gasteiger partial charge in [-0.3, -0.25) is 0 Å². The van der Waals surface area contributed by atoms with Crippen LogP contribution in [0.15, 0.2) is 151 Å². The Hall–Kier alpha value is -2.65. The molecule has 1 aliphatic carbocycles. The first kappa shape index (κ1) is 39.1. The standard InChI is InChI=1S/C42H40Cl6N2Si2/c43-51(44,45)31-7-9-33-15-23-39(24-16-33)49(37-11-3-1-4-12-37)41-27-19-35(20-28-41)36-21-29-42(30-22-36)50(38-13-5-2-6-14-38)40-25-17-34(18-26-40)10-8-32-52(46,47)48/h1,3-5,11-30H,2,6-10,31-32H2. The van der Waals surface area contributed by atoms with E-state index in [-0.39, 0.29) is 0 Å². The summed E-state index contributed by atoms with van der Waals surface area (Å²) in [5, 5.41) is 0. The van der Waals surface area contributed by atoms with E-state index in [9.17, 15) is 0 Å². The highest BCUT2D eigenvalue weighted by molar-refractivity contribution is 7.65. The number of nitrogens with zero attached hydrogens (tertiary/aromatic N) is 2. The van der Waals surface area contributed by atoms with Crippen LogP contribution in [-0.2, 0) is 12.8 Å². The summed E-state index contributed by atoms with van der Waals surface area (Å²) in [4.78, 5) is 4.61. The van der Waals surface area contributed by atoms with Crippen LogP contribution in [0.2, 0.25) is 12.1 Å². The van der Waals surface area contributed by atoms with E-state index >= 15 is 0 Å². The van der Waals surface area contributed by atoms with E-state index in [2.05, 4.69) is 149 Å². The Morgan fingerprint density at radius 1 is 0.442 bits per heavy atom. The van der Waals surface area contributed by atoms with Crippen molar-refractivity contribution in [2.45, 2.75) is 50.6 Å². The van der Waals surface area contributed by atoms with E-state index in [4.69, 9.17) is 66.5 Å². The zero-order valence-corrected chi connectivity index (χ0v) is 35.2. The zero-order valence-electron chi connectivity index (χ0n) is 28.7. The van der Waals surface area contributed by atoms with Crippen LogP contribution in [0.5, 0.6) is 0 Å². The molecule has 0 fully saturated rings. The number of aryl methyl sites for hydroxylation is 2. The van der Waals surface area contributed by atoms with Gasteiger partial charge in [0.1, 0.15) is 0 Å². The molecule has 0 heterocycles. The molecule has 0 N–H and O–H groups in total. The molecule has 0 radical (unpaired) electrons. The maximum Gasteiger partial charge on any atom is 0.341 e. The van der Waals surface area contributed by atoms with Crippen LogP contribution in [0.3, 0.4) is 0 Å². The molecule has 0 aromatic heterocycles. The summed E-state index contributed by atoms with van der Waals surface area (Å²) in [5.74, 6) is 0. The lowest BCUT2D eigenvalue weighted by molar-refractivity contribution is 0.914. The SMILES string of the molecule is Cl[Si](Cl)(Cl)CCCc1ccc(N(C2=CCCC=C2)c2ccc(-c3ccc(N(c4ccccc4)c4ccc(CCC[Si](Cl)(Cl)Cl)cc4)cc3)cc2)cc1. The van der Waals surface area contributed by atoms with E-state index < -0.39 is 12.0 Å². The molecule has 6 rings (SSSR count). The average molecular weight is 842 g/mol. The fraction of sp³-hybridized carbons (Fsp3) is 0.190. The van der Waals surface area contributed by atoms with E-state index in [0.29, 0.717) is 12.1 Å². The van der Waals surface area contributed by atoms with Gasteiger partial charge in [0, 0.05) is 34.1 Å². The van der Waals surface area contributed by atoms with Crippen molar-refractivity contribution in [2.75, 3.05) is 9.80 Å². The molecule has 0 aliphatic heterocycles. The van der Waals surface area contributed by atoms with Crippen molar-refractivity contribution in [1.82, 2.24) is 0 Å². The highest BCUT2D eigenvalue weighted by Gasteiger charge is 2.25. The molecule has 10 heteroatoms. The summed E-state index contributed by atoms with van der Waals surface area (Å²) in [7, 11) is 0. The highest BCUT2D eigenvalue weighted by atomic mass is 35.8. The number of hydrogen-bond acceptors (Lipinski definition) is 2. The Labute approximate surface area is 338 Å². The van der Waals surface area contributed by atoms with Crippen molar-refractivity contribution in [3.63, 3.8) is 0 Å². The Balaban J connectivity index is 1.20. The maximum atomic E-state index is 6.10. The Bertz CT molecular complexity index is 1940. The lowest BCUT2D eigenvalue weighted by Crippen LogP contribution is -2.16. The third-order valence-electron chi connectivity index (χ3n) is 9.07. The lowest BCUT2D eigenvalue weighted by atomic mass is 10.0. The van der Waals surface area contributed by atoms with Gasteiger partial charge >= 0.3 is 12.0 Å². The van der Waals surface area contributed by atoms with Crippen molar-refractivity contribution in [3.05, 3.63) is 162 Å². The molecular formula is C42H40Cl6N2Si2. The smallest absolute Gasteiger partial charge is 0.311 e. The van der Waals surface area contributed by atoms with E-state index in [1.807, 2.05) is 6.07 Å². The molecule has 0 saturated heterocycles. The number of hydrogen-bond donors (Lipinski definition) is 0. The fourth-order valence-corrected chi connectivity index (χ4v) is 10.0. The second kappa shape index (κ2) is 18.1. The predicted octanol–water partition coefficient (Wildman–Crippen LogP) is 15.4. The molecular weight excluding hydrogens is 801 g/mol. The van der Waals surface area contributed by atoms with Crippen molar-refractivity contribution >= 4 is 107 Å². The minimum absolute atomic E-state index is 0.662. The molecule has 0 bridgehead atoms. The second-order valence-corrected chi connectivity index (χ2v) is 31.5. The Kier molecular flexibility index (Phi) is 13.6. The topological polar surface area (TPSA) is 6.48 Å². The molecule has 5 aromatic rings. The molecule has 52 heavy (non-hydrogen) atoms. The first-order valence-electron chi connectivity index (χ1n) is 17.6. The maximum absolute atomic E-state index is 6.10.